The van der Waals surface area contributed by atoms with Crippen molar-refractivity contribution in [2.45, 2.75) is 19.9 Å². The smallest absolute Gasteiger partial charge is 0.0636 e. The molecule has 1 heterocycles. The Balaban J connectivity index is 2.23. The van der Waals surface area contributed by atoms with Gasteiger partial charge in [-0.3, -0.25) is 0 Å². The third-order valence-electron chi connectivity index (χ3n) is 1.64. The Hall–Kier alpha value is -0.0800. The fourth-order valence-electron chi connectivity index (χ4n) is 0.886. The Bertz CT molecular complexity index is 77.0. The minimum Gasteiger partial charge on any atom is -0.378 e. The lowest BCUT2D eigenvalue weighted by Gasteiger charge is -2.26. The van der Waals surface area contributed by atoms with Gasteiger partial charge in [-0.15, -0.1) is 0 Å². The van der Waals surface area contributed by atoms with E-state index in [4.69, 9.17) is 4.74 Å². The SMILES string of the molecule is CC(C)C1COC[CH]N1. The van der Waals surface area contributed by atoms with Crippen molar-refractivity contribution in [1.29, 1.82) is 0 Å². The largest absolute Gasteiger partial charge is 0.378 e. The summed E-state index contributed by atoms with van der Waals surface area (Å²) in [6.45, 7) is 7.98. The second-order valence-corrected chi connectivity index (χ2v) is 2.76. The second kappa shape index (κ2) is 3.18. The standard InChI is InChI=1S/C7H14NO/c1-6(2)7-5-9-4-3-8-7/h3,6-8H,4-5H2,1-2H3. The van der Waals surface area contributed by atoms with Gasteiger partial charge < -0.3 is 10.1 Å². The summed E-state index contributed by atoms with van der Waals surface area (Å²) in [5, 5.41) is 3.27. The normalized spacial score (nSPS) is 29.0. The molecule has 1 rings (SSSR count). The van der Waals surface area contributed by atoms with Crippen LogP contribution >= 0.6 is 0 Å². The summed E-state index contributed by atoms with van der Waals surface area (Å²) in [5.41, 5.74) is 0. The molecular formula is C7H14NO. The maximum atomic E-state index is 5.23. The van der Waals surface area contributed by atoms with E-state index in [1.165, 1.54) is 0 Å². The van der Waals surface area contributed by atoms with E-state index in [0.29, 0.717) is 12.0 Å². The third-order valence-corrected chi connectivity index (χ3v) is 1.64. The maximum absolute atomic E-state index is 5.23. The van der Waals surface area contributed by atoms with Crippen LogP contribution in [0.25, 0.3) is 0 Å². The summed E-state index contributed by atoms with van der Waals surface area (Å²) in [6.07, 6.45) is 0. The lowest BCUT2D eigenvalue weighted by Crippen LogP contribution is -2.41. The van der Waals surface area contributed by atoms with Crippen molar-refractivity contribution in [1.82, 2.24) is 5.32 Å². The number of hydrogen-bond acceptors (Lipinski definition) is 2. The zero-order valence-electron chi connectivity index (χ0n) is 6.05. The molecule has 1 aliphatic rings. The molecule has 0 spiro atoms. The van der Waals surface area contributed by atoms with Crippen LogP contribution in [0, 0.1) is 12.5 Å². The highest BCUT2D eigenvalue weighted by molar-refractivity contribution is 4.78. The quantitative estimate of drug-likeness (QED) is 0.564. The molecular weight excluding hydrogens is 114 g/mol. The van der Waals surface area contributed by atoms with Crippen molar-refractivity contribution in [3.63, 3.8) is 0 Å². The molecule has 2 nitrogen and oxygen atoms in total. The molecule has 53 valence electrons. The van der Waals surface area contributed by atoms with Gasteiger partial charge in [0.25, 0.3) is 0 Å². The molecule has 1 N–H and O–H groups in total. The van der Waals surface area contributed by atoms with Crippen molar-refractivity contribution in [2.75, 3.05) is 13.2 Å². The van der Waals surface area contributed by atoms with Gasteiger partial charge in [0.15, 0.2) is 0 Å². The summed E-state index contributed by atoms with van der Waals surface area (Å²) < 4.78 is 5.23. The van der Waals surface area contributed by atoms with Crippen molar-refractivity contribution in [2.24, 2.45) is 5.92 Å². The van der Waals surface area contributed by atoms with Crippen LogP contribution in [-0.4, -0.2) is 19.3 Å². The van der Waals surface area contributed by atoms with Gasteiger partial charge in [0.05, 0.1) is 13.2 Å². The van der Waals surface area contributed by atoms with Gasteiger partial charge in [-0.25, -0.2) is 0 Å². The first kappa shape index (κ1) is 7.03. The molecule has 0 aromatic carbocycles. The van der Waals surface area contributed by atoms with E-state index in [0.717, 1.165) is 13.2 Å². The highest BCUT2D eigenvalue weighted by atomic mass is 16.5. The van der Waals surface area contributed by atoms with Crippen molar-refractivity contribution in [3.8, 4) is 0 Å². The zero-order chi connectivity index (χ0) is 6.69. The molecule has 1 atom stereocenters. The van der Waals surface area contributed by atoms with Gasteiger partial charge >= 0.3 is 0 Å². The average molecular weight is 128 g/mol. The minimum atomic E-state index is 0.527. The lowest BCUT2D eigenvalue weighted by atomic mass is 10.1. The maximum Gasteiger partial charge on any atom is 0.0636 e. The van der Waals surface area contributed by atoms with Gasteiger partial charge in [0.2, 0.25) is 0 Å². The summed E-state index contributed by atoms with van der Waals surface area (Å²) in [7, 11) is 0. The van der Waals surface area contributed by atoms with Gasteiger partial charge in [0.1, 0.15) is 0 Å². The van der Waals surface area contributed by atoms with Crippen LogP contribution in [0.4, 0.5) is 0 Å². The van der Waals surface area contributed by atoms with Gasteiger partial charge in [0, 0.05) is 12.6 Å². The van der Waals surface area contributed by atoms with Gasteiger partial charge in [-0.2, -0.15) is 0 Å². The van der Waals surface area contributed by atoms with E-state index in [9.17, 15) is 0 Å². The van der Waals surface area contributed by atoms with Crippen molar-refractivity contribution < 1.29 is 4.74 Å². The monoisotopic (exact) mass is 128 g/mol. The minimum absolute atomic E-state index is 0.527. The number of ether oxygens (including phenoxy) is 1. The molecule has 0 amide bonds. The van der Waals surface area contributed by atoms with E-state index in [1.807, 2.05) is 6.54 Å². The Morgan fingerprint density at radius 3 is 2.78 bits per heavy atom. The predicted molar refractivity (Wildman–Crippen MR) is 36.9 cm³/mol. The first-order valence-corrected chi connectivity index (χ1v) is 3.46. The molecule has 0 saturated carbocycles. The lowest BCUT2D eigenvalue weighted by molar-refractivity contribution is 0.0815. The first-order chi connectivity index (χ1) is 4.30. The predicted octanol–water partition coefficient (Wildman–Crippen LogP) is 0.793. The molecule has 1 unspecified atom stereocenters. The number of rotatable bonds is 1. The number of morpholine rings is 1. The van der Waals surface area contributed by atoms with Crippen LogP contribution in [0.5, 0.6) is 0 Å². The summed E-state index contributed by atoms with van der Waals surface area (Å²) in [6, 6.07) is 0.527. The Kier molecular flexibility index (Phi) is 2.49. The van der Waals surface area contributed by atoms with Crippen molar-refractivity contribution in [3.05, 3.63) is 6.54 Å². The molecule has 1 radical (unpaired) electrons. The average Bonchev–Trinajstić information content (AvgIpc) is 1.90. The number of hydrogen-bond donors (Lipinski definition) is 1. The fourth-order valence-corrected chi connectivity index (χ4v) is 0.886. The van der Waals surface area contributed by atoms with Crippen LogP contribution in [0.2, 0.25) is 0 Å². The Morgan fingerprint density at radius 2 is 2.44 bits per heavy atom. The first-order valence-electron chi connectivity index (χ1n) is 3.46. The summed E-state index contributed by atoms with van der Waals surface area (Å²) >= 11 is 0. The second-order valence-electron chi connectivity index (χ2n) is 2.76. The molecule has 0 bridgehead atoms. The molecule has 0 aliphatic carbocycles. The molecule has 0 aromatic heterocycles. The molecule has 1 fully saturated rings. The van der Waals surface area contributed by atoms with Crippen LogP contribution in [0.3, 0.4) is 0 Å². The topological polar surface area (TPSA) is 21.3 Å². The van der Waals surface area contributed by atoms with Crippen molar-refractivity contribution >= 4 is 0 Å². The molecule has 0 aromatic rings. The van der Waals surface area contributed by atoms with E-state index in [2.05, 4.69) is 19.2 Å². The molecule has 1 aliphatic heterocycles. The third kappa shape index (κ3) is 1.95. The Labute approximate surface area is 56.6 Å². The Morgan fingerprint density at radius 1 is 1.67 bits per heavy atom. The summed E-state index contributed by atoms with van der Waals surface area (Å²) in [5.74, 6) is 0.668. The molecule has 1 saturated heterocycles. The van der Waals surface area contributed by atoms with Crippen LogP contribution < -0.4 is 5.32 Å². The van der Waals surface area contributed by atoms with Crippen LogP contribution in [0.1, 0.15) is 13.8 Å². The van der Waals surface area contributed by atoms with E-state index in [1.54, 1.807) is 0 Å². The summed E-state index contributed by atoms with van der Waals surface area (Å²) in [4.78, 5) is 0. The molecule has 9 heavy (non-hydrogen) atoms. The van der Waals surface area contributed by atoms with Crippen LogP contribution in [0.15, 0.2) is 0 Å². The number of nitrogens with one attached hydrogen (secondary N) is 1. The zero-order valence-corrected chi connectivity index (χ0v) is 6.05. The van der Waals surface area contributed by atoms with Gasteiger partial charge in [-0.05, 0) is 5.92 Å². The molecule has 2 heteroatoms. The van der Waals surface area contributed by atoms with E-state index < -0.39 is 0 Å². The highest BCUT2D eigenvalue weighted by Gasteiger charge is 2.15. The fraction of sp³-hybridized carbons (Fsp3) is 0.857. The van der Waals surface area contributed by atoms with E-state index in [-0.39, 0.29) is 0 Å². The van der Waals surface area contributed by atoms with E-state index >= 15 is 0 Å². The highest BCUT2D eigenvalue weighted by Crippen LogP contribution is 2.05. The van der Waals surface area contributed by atoms with Gasteiger partial charge in [-0.1, -0.05) is 13.8 Å². The van der Waals surface area contributed by atoms with Crippen LogP contribution in [-0.2, 0) is 4.74 Å².